The highest BCUT2D eigenvalue weighted by molar-refractivity contribution is 9.10. The Hall–Kier alpha value is -0.510. The molecule has 17 heavy (non-hydrogen) atoms. The van der Waals surface area contributed by atoms with Gasteiger partial charge in [-0.1, -0.05) is 32.6 Å². The standard InChI is InChI=1S/C13H22BrN3/c1-2-6-11-12(14)13(17-16-11)15-9-10-7-4-3-5-8-10/h10H,2-9H2,1H3,(H2,15,16,17). The molecule has 1 aliphatic carbocycles. The first-order chi connectivity index (χ1) is 8.31. The molecule has 2 rings (SSSR count). The summed E-state index contributed by atoms with van der Waals surface area (Å²) in [6, 6.07) is 0. The summed E-state index contributed by atoms with van der Waals surface area (Å²) in [6.45, 7) is 3.25. The number of hydrogen-bond donors (Lipinski definition) is 2. The monoisotopic (exact) mass is 299 g/mol. The Morgan fingerprint density at radius 3 is 2.82 bits per heavy atom. The van der Waals surface area contributed by atoms with E-state index in [0.717, 1.165) is 35.6 Å². The summed E-state index contributed by atoms with van der Waals surface area (Å²) in [5.41, 5.74) is 1.21. The van der Waals surface area contributed by atoms with Gasteiger partial charge in [0, 0.05) is 6.54 Å². The van der Waals surface area contributed by atoms with Crippen LogP contribution in [0.3, 0.4) is 0 Å². The molecule has 96 valence electrons. The van der Waals surface area contributed by atoms with Crippen LogP contribution in [0.1, 0.15) is 51.1 Å². The van der Waals surface area contributed by atoms with Gasteiger partial charge in [-0.3, -0.25) is 5.10 Å². The van der Waals surface area contributed by atoms with Gasteiger partial charge in [-0.25, -0.2) is 0 Å². The molecule has 1 aliphatic rings. The second-order valence-electron chi connectivity index (χ2n) is 5.00. The van der Waals surface area contributed by atoms with E-state index in [2.05, 4.69) is 38.4 Å². The van der Waals surface area contributed by atoms with E-state index in [1.54, 1.807) is 0 Å². The Morgan fingerprint density at radius 1 is 1.35 bits per heavy atom. The minimum absolute atomic E-state index is 0.835. The van der Waals surface area contributed by atoms with Crippen LogP contribution >= 0.6 is 15.9 Å². The molecule has 0 aromatic carbocycles. The van der Waals surface area contributed by atoms with Gasteiger partial charge in [-0.15, -0.1) is 0 Å². The van der Waals surface area contributed by atoms with Gasteiger partial charge in [0.1, 0.15) is 0 Å². The first-order valence-corrected chi connectivity index (χ1v) is 7.57. The van der Waals surface area contributed by atoms with Gasteiger partial charge in [0.15, 0.2) is 5.82 Å². The summed E-state index contributed by atoms with van der Waals surface area (Å²) in [6.07, 6.45) is 9.16. The molecule has 0 radical (unpaired) electrons. The van der Waals surface area contributed by atoms with Crippen molar-refractivity contribution in [1.29, 1.82) is 0 Å². The Labute approximate surface area is 112 Å². The molecule has 0 amide bonds. The van der Waals surface area contributed by atoms with Crippen LogP contribution in [0.2, 0.25) is 0 Å². The lowest BCUT2D eigenvalue weighted by molar-refractivity contribution is 0.373. The van der Waals surface area contributed by atoms with Crippen LogP contribution in [0.4, 0.5) is 5.82 Å². The molecule has 2 N–H and O–H groups in total. The highest BCUT2D eigenvalue weighted by atomic mass is 79.9. The number of rotatable bonds is 5. The molecule has 1 fully saturated rings. The highest BCUT2D eigenvalue weighted by Crippen LogP contribution is 2.27. The van der Waals surface area contributed by atoms with Crippen molar-refractivity contribution in [2.75, 3.05) is 11.9 Å². The Balaban J connectivity index is 1.85. The predicted octanol–water partition coefficient (Wildman–Crippen LogP) is 4.12. The van der Waals surface area contributed by atoms with Crippen molar-refractivity contribution in [3.8, 4) is 0 Å². The van der Waals surface area contributed by atoms with E-state index in [1.807, 2.05) is 0 Å². The van der Waals surface area contributed by atoms with Gasteiger partial charge in [-0.05, 0) is 41.1 Å². The van der Waals surface area contributed by atoms with E-state index in [-0.39, 0.29) is 0 Å². The number of hydrogen-bond acceptors (Lipinski definition) is 2. The van der Waals surface area contributed by atoms with E-state index in [1.165, 1.54) is 37.8 Å². The molecule has 0 unspecified atom stereocenters. The third-order valence-electron chi connectivity index (χ3n) is 3.56. The van der Waals surface area contributed by atoms with Crippen LogP contribution < -0.4 is 5.32 Å². The summed E-state index contributed by atoms with van der Waals surface area (Å²) >= 11 is 3.62. The largest absolute Gasteiger partial charge is 0.367 e. The quantitative estimate of drug-likeness (QED) is 0.859. The van der Waals surface area contributed by atoms with Crippen molar-refractivity contribution >= 4 is 21.7 Å². The van der Waals surface area contributed by atoms with Crippen LogP contribution in [0, 0.1) is 5.92 Å². The minimum Gasteiger partial charge on any atom is -0.367 e. The normalized spacial score (nSPS) is 17.3. The zero-order valence-electron chi connectivity index (χ0n) is 10.6. The number of nitrogens with one attached hydrogen (secondary N) is 2. The summed E-state index contributed by atoms with van der Waals surface area (Å²) in [5.74, 6) is 1.82. The number of aromatic nitrogens is 2. The number of aromatic amines is 1. The van der Waals surface area contributed by atoms with Crippen molar-refractivity contribution in [3.05, 3.63) is 10.2 Å². The van der Waals surface area contributed by atoms with Crippen molar-refractivity contribution in [1.82, 2.24) is 10.2 Å². The third kappa shape index (κ3) is 3.47. The van der Waals surface area contributed by atoms with E-state index in [0.29, 0.717) is 0 Å². The summed E-state index contributed by atoms with van der Waals surface area (Å²) in [4.78, 5) is 0. The van der Waals surface area contributed by atoms with E-state index < -0.39 is 0 Å². The summed E-state index contributed by atoms with van der Waals surface area (Å²) in [5, 5.41) is 10.9. The zero-order valence-corrected chi connectivity index (χ0v) is 12.1. The summed E-state index contributed by atoms with van der Waals surface area (Å²) < 4.78 is 1.12. The lowest BCUT2D eigenvalue weighted by atomic mass is 9.89. The molecule has 1 aromatic heterocycles. The molecular weight excluding hydrogens is 278 g/mol. The van der Waals surface area contributed by atoms with Gasteiger partial charge in [0.05, 0.1) is 10.2 Å². The SMILES string of the molecule is CCCc1[nH]nc(NCC2CCCCC2)c1Br. The topological polar surface area (TPSA) is 40.7 Å². The van der Waals surface area contributed by atoms with Crippen LogP contribution in [-0.4, -0.2) is 16.7 Å². The number of H-pyrrole nitrogens is 1. The molecule has 0 aliphatic heterocycles. The molecule has 3 nitrogen and oxygen atoms in total. The Bertz CT molecular complexity index is 342. The average molecular weight is 300 g/mol. The first kappa shape index (κ1) is 12.9. The second-order valence-corrected chi connectivity index (χ2v) is 5.79. The van der Waals surface area contributed by atoms with Crippen LogP contribution in [0.5, 0.6) is 0 Å². The molecule has 0 bridgehead atoms. The molecule has 0 saturated heterocycles. The molecule has 0 atom stereocenters. The van der Waals surface area contributed by atoms with Crippen molar-refractivity contribution in [2.45, 2.75) is 51.9 Å². The maximum absolute atomic E-state index is 4.34. The van der Waals surface area contributed by atoms with Gasteiger partial charge >= 0.3 is 0 Å². The maximum atomic E-state index is 4.34. The molecular formula is C13H22BrN3. The van der Waals surface area contributed by atoms with Gasteiger partial charge in [0.25, 0.3) is 0 Å². The number of anilines is 1. The lowest BCUT2D eigenvalue weighted by Crippen LogP contribution is -2.17. The van der Waals surface area contributed by atoms with E-state index in [9.17, 15) is 0 Å². The van der Waals surface area contributed by atoms with Crippen LogP contribution in [-0.2, 0) is 6.42 Å². The fourth-order valence-electron chi connectivity index (χ4n) is 2.53. The Morgan fingerprint density at radius 2 is 2.12 bits per heavy atom. The zero-order chi connectivity index (χ0) is 12.1. The highest BCUT2D eigenvalue weighted by Gasteiger charge is 2.15. The van der Waals surface area contributed by atoms with Gasteiger partial charge in [-0.2, -0.15) is 5.10 Å². The smallest absolute Gasteiger partial charge is 0.162 e. The second kappa shape index (κ2) is 6.43. The fraction of sp³-hybridized carbons (Fsp3) is 0.769. The lowest BCUT2D eigenvalue weighted by Gasteiger charge is -2.21. The molecule has 1 saturated carbocycles. The average Bonchev–Trinajstić information content (AvgIpc) is 2.70. The predicted molar refractivity (Wildman–Crippen MR) is 75.3 cm³/mol. The van der Waals surface area contributed by atoms with E-state index in [4.69, 9.17) is 0 Å². The maximum Gasteiger partial charge on any atom is 0.162 e. The first-order valence-electron chi connectivity index (χ1n) is 6.78. The van der Waals surface area contributed by atoms with Crippen molar-refractivity contribution < 1.29 is 0 Å². The summed E-state index contributed by atoms with van der Waals surface area (Å²) in [7, 11) is 0. The molecule has 0 spiro atoms. The van der Waals surface area contributed by atoms with Crippen molar-refractivity contribution in [2.24, 2.45) is 5.92 Å². The third-order valence-corrected chi connectivity index (χ3v) is 4.41. The van der Waals surface area contributed by atoms with Crippen molar-refractivity contribution in [3.63, 3.8) is 0 Å². The fourth-order valence-corrected chi connectivity index (χ4v) is 3.05. The Kier molecular flexibility index (Phi) is 4.89. The molecule has 4 heteroatoms. The van der Waals surface area contributed by atoms with E-state index >= 15 is 0 Å². The van der Waals surface area contributed by atoms with Gasteiger partial charge in [0.2, 0.25) is 0 Å². The number of aryl methyl sites for hydroxylation is 1. The minimum atomic E-state index is 0.835. The molecule has 1 heterocycles. The van der Waals surface area contributed by atoms with Crippen LogP contribution in [0.25, 0.3) is 0 Å². The van der Waals surface area contributed by atoms with Gasteiger partial charge < -0.3 is 5.32 Å². The van der Waals surface area contributed by atoms with Crippen LogP contribution in [0.15, 0.2) is 4.47 Å². The number of nitrogens with zero attached hydrogens (tertiary/aromatic N) is 1. The number of halogens is 1. The molecule has 1 aromatic rings.